The molecule has 0 spiro atoms. The quantitative estimate of drug-likeness (QED) is 0.631. The first-order valence-corrected chi connectivity index (χ1v) is 3.88. The van der Waals surface area contributed by atoms with Crippen LogP contribution in [0.3, 0.4) is 0 Å². The summed E-state index contributed by atoms with van der Waals surface area (Å²) in [6, 6.07) is 0. The summed E-state index contributed by atoms with van der Waals surface area (Å²) in [6.07, 6.45) is 2.57. The van der Waals surface area contributed by atoms with Crippen LogP contribution in [-0.2, 0) is 0 Å². The van der Waals surface area contributed by atoms with Gasteiger partial charge in [0.25, 0.3) is 4.84 Å². The van der Waals surface area contributed by atoms with Crippen LogP contribution in [0.2, 0.25) is 0 Å². The topological polar surface area (TPSA) is 28.9 Å². The highest BCUT2D eigenvalue weighted by Gasteiger charge is 2.27. The van der Waals surface area contributed by atoms with E-state index >= 15 is 0 Å². The molecule has 1 N–H and O–H groups in total. The van der Waals surface area contributed by atoms with Gasteiger partial charge in [0.05, 0.1) is 5.69 Å². The summed E-state index contributed by atoms with van der Waals surface area (Å²) in [7, 11) is 0. The van der Waals surface area contributed by atoms with Gasteiger partial charge in [-0.3, -0.25) is 0 Å². The van der Waals surface area contributed by atoms with E-state index in [0.29, 0.717) is 10.8 Å². The number of nitrogens with one attached hydrogen (secondary N) is 1. The van der Waals surface area contributed by atoms with Gasteiger partial charge in [-0.2, -0.15) is 0 Å². The highest BCUT2D eigenvalue weighted by Crippen LogP contribution is 2.40. The van der Waals surface area contributed by atoms with Crippen molar-refractivity contribution in [3.63, 3.8) is 0 Å². The maximum Gasteiger partial charge on any atom is 0.266 e. The van der Waals surface area contributed by atoms with Crippen molar-refractivity contribution in [2.75, 3.05) is 0 Å². The summed E-state index contributed by atoms with van der Waals surface area (Å²) < 4.78 is 5.18. The zero-order chi connectivity index (χ0) is 7.14. The molecule has 1 aromatic heterocycles. The molecule has 0 radical (unpaired) electrons. The summed E-state index contributed by atoms with van der Waals surface area (Å²) in [6.45, 7) is 1.96. The Balaban J connectivity index is 2.47. The van der Waals surface area contributed by atoms with Gasteiger partial charge in [-0.05, 0) is 32.0 Å². The predicted molar refractivity (Wildman–Crippen MR) is 40.6 cm³/mol. The first kappa shape index (κ1) is 6.16. The Kier molecular flexibility index (Phi) is 1.20. The number of hydrogen-bond acceptors (Lipinski definition) is 2. The second-order valence-corrected chi connectivity index (χ2v) is 3.13. The summed E-state index contributed by atoms with van der Waals surface area (Å²) in [5.74, 6) is 1.67. The maximum atomic E-state index is 5.18. The average molecular weight is 155 g/mol. The third-order valence-corrected chi connectivity index (χ3v) is 2.03. The van der Waals surface area contributed by atoms with E-state index in [1.807, 2.05) is 6.92 Å². The average Bonchev–Trinajstić information content (AvgIpc) is 2.61. The van der Waals surface area contributed by atoms with Crippen LogP contribution in [0.1, 0.15) is 30.2 Å². The minimum Gasteiger partial charge on any atom is -0.435 e. The maximum absolute atomic E-state index is 5.18. The van der Waals surface area contributed by atoms with Crippen LogP contribution in [-0.4, -0.2) is 4.98 Å². The van der Waals surface area contributed by atoms with Crippen LogP contribution in [0.25, 0.3) is 0 Å². The SMILES string of the molecule is Cc1oc(=S)[nH]c1C1CC1. The molecule has 1 aliphatic carbocycles. The van der Waals surface area contributed by atoms with E-state index in [4.69, 9.17) is 16.6 Å². The fraction of sp³-hybridized carbons (Fsp3) is 0.571. The minimum absolute atomic E-state index is 0.513. The zero-order valence-corrected chi connectivity index (χ0v) is 6.62. The number of H-pyrrole nitrogens is 1. The Bertz CT molecular complexity index is 295. The van der Waals surface area contributed by atoms with Crippen molar-refractivity contribution in [3.05, 3.63) is 16.3 Å². The van der Waals surface area contributed by atoms with Crippen molar-refractivity contribution >= 4 is 12.2 Å². The molecule has 1 aliphatic rings. The monoisotopic (exact) mass is 155 g/mol. The van der Waals surface area contributed by atoms with Gasteiger partial charge in [0.1, 0.15) is 5.76 Å². The van der Waals surface area contributed by atoms with E-state index in [0.717, 1.165) is 5.76 Å². The van der Waals surface area contributed by atoms with Gasteiger partial charge < -0.3 is 9.40 Å². The molecule has 0 bridgehead atoms. The van der Waals surface area contributed by atoms with Gasteiger partial charge in [0.2, 0.25) is 0 Å². The highest BCUT2D eigenvalue weighted by molar-refractivity contribution is 7.71. The number of hydrogen-bond donors (Lipinski definition) is 1. The van der Waals surface area contributed by atoms with Gasteiger partial charge in [-0.1, -0.05) is 0 Å². The lowest BCUT2D eigenvalue weighted by Gasteiger charge is -1.88. The normalized spacial score (nSPS) is 17.7. The van der Waals surface area contributed by atoms with E-state index in [1.165, 1.54) is 18.5 Å². The number of rotatable bonds is 1. The van der Waals surface area contributed by atoms with Gasteiger partial charge in [-0.15, -0.1) is 0 Å². The van der Waals surface area contributed by atoms with Crippen molar-refractivity contribution in [3.8, 4) is 0 Å². The van der Waals surface area contributed by atoms with E-state index in [-0.39, 0.29) is 0 Å². The predicted octanol–water partition coefficient (Wildman–Crippen LogP) is 2.52. The molecular formula is C7H9NOS. The van der Waals surface area contributed by atoms with Crippen LogP contribution >= 0.6 is 12.2 Å². The van der Waals surface area contributed by atoms with Crippen molar-refractivity contribution in [2.24, 2.45) is 0 Å². The third-order valence-electron chi connectivity index (χ3n) is 1.85. The van der Waals surface area contributed by atoms with Crippen LogP contribution in [0.4, 0.5) is 0 Å². The molecule has 10 heavy (non-hydrogen) atoms. The van der Waals surface area contributed by atoms with Crippen molar-refractivity contribution in [1.82, 2.24) is 4.98 Å². The van der Waals surface area contributed by atoms with E-state index in [1.54, 1.807) is 0 Å². The first-order valence-electron chi connectivity index (χ1n) is 3.47. The second kappa shape index (κ2) is 1.95. The Labute approximate surface area is 64.3 Å². The van der Waals surface area contributed by atoms with E-state index < -0.39 is 0 Å². The van der Waals surface area contributed by atoms with Crippen LogP contribution in [0, 0.1) is 11.8 Å². The molecule has 0 unspecified atom stereocenters. The third kappa shape index (κ3) is 0.904. The lowest BCUT2D eigenvalue weighted by Crippen LogP contribution is -1.80. The number of aromatic amines is 1. The number of aromatic nitrogens is 1. The van der Waals surface area contributed by atoms with Crippen molar-refractivity contribution in [2.45, 2.75) is 25.7 Å². The van der Waals surface area contributed by atoms with Crippen molar-refractivity contribution in [1.29, 1.82) is 0 Å². The molecular weight excluding hydrogens is 146 g/mol. The molecule has 54 valence electrons. The molecule has 0 saturated heterocycles. The summed E-state index contributed by atoms with van der Waals surface area (Å²) in [5, 5.41) is 0. The Morgan fingerprint density at radius 2 is 2.30 bits per heavy atom. The van der Waals surface area contributed by atoms with E-state index in [9.17, 15) is 0 Å². The molecule has 2 nitrogen and oxygen atoms in total. The largest absolute Gasteiger partial charge is 0.435 e. The highest BCUT2D eigenvalue weighted by atomic mass is 32.1. The zero-order valence-electron chi connectivity index (χ0n) is 5.81. The van der Waals surface area contributed by atoms with E-state index in [2.05, 4.69) is 4.98 Å². The van der Waals surface area contributed by atoms with Gasteiger partial charge in [0.15, 0.2) is 0 Å². The molecule has 1 saturated carbocycles. The molecule has 2 rings (SSSR count). The molecule has 0 aliphatic heterocycles. The smallest absolute Gasteiger partial charge is 0.266 e. The number of aryl methyl sites for hydroxylation is 1. The molecule has 0 aromatic carbocycles. The van der Waals surface area contributed by atoms with Crippen LogP contribution in [0.15, 0.2) is 4.42 Å². The minimum atomic E-state index is 0.513. The first-order chi connectivity index (χ1) is 4.77. The lowest BCUT2D eigenvalue weighted by molar-refractivity contribution is 0.509. The second-order valence-electron chi connectivity index (χ2n) is 2.76. The van der Waals surface area contributed by atoms with Crippen LogP contribution in [0.5, 0.6) is 0 Å². The lowest BCUT2D eigenvalue weighted by atomic mass is 10.2. The molecule has 1 fully saturated rings. The molecule has 0 atom stereocenters. The van der Waals surface area contributed by atoms with Crippen LogP contribution < -0.4 is 0 Å². The molecule has 0 amide bonds. The summed E-state index contributed by atoms with van der Waals surface area (Å²) in [4.78, 5) is 3.57. The molecule has 1 heterocycles. The Morgan fingerprint density at radius 1 is 1.60 bits per heavy atom. The summed E-state index contributed by atoms with van der Waals surface area (Å²) in [5.41, 5.74) is 1.21. The Morgan fingerprint density at radius 3 is 2.70 bits per heavy atom. The van der Waals surface area contributed by atoms with Gasteiger partial charge in [-0.25, -0.2) is 0 Å². The molecule has 1 aromatic rings. The van der Waals surface area contributed by atoms with Gasteiger partial charge in [0, 0.05) is 5.92 Å². The number of oxazole rings is 1. The standard InChI is InChI=1S/C7H9NOS/c1-4-6(5-2-3-5)8-7(10)9-4/h5H,2-3H2,1H3,(H,8,10). The summed E-state index contributed by atoms with van der Waals surface area (Å²) >= 11 is 4.85. The van der Waals surface area contributed by atoms with Gasteiger partial charge >= 0.3 is 0 Å². The fourth-order valence-corrected chi connectivity index (χ4v) is 1.41. The fourth-order valence-electron chi connectivity index (χ4n) is 1.18. The Hall–Kier alpha value is -0.570. The molecule has 3 heteroatoms. The van der Waals surface area contributed by atoms with Crippen molar-refractivity contribution < 1.29 is 4.42 Å².